The maximum absolute atomic E-state index is 13.9. The van der Waals surface area contributed by atoms with Crippen molar-refractivity contribution in [2.45, 2.75) is 38.5 Å². The predicted octanol–water partition coefficient (Wildman–Crippen LogP) is 7.66. The molecule has 6 aromatic rings. The largest absolute Gasteiger partial charge is 0.358 e. The van der Waals surface area contributed by atoms with Crippen LogP contribution in [0.3, 0.4) is 0 Å². The molecule has 41 heavy (non-hydrogen) atoms. The van der Waals surface area contributed by atoms with Crippen LogP contribution in [0.25, 0.3) is 55.8 Å². The molecule has 1 aliphatic carbocycles. The molecule has 7 rings (SSSR count). The molecule has 0 saturated heterocycles. The Labute approximate surface area is 236 Å². The molecule has 8 nitrogen and oxygen atoms in total. The summed E-state index contributed by atoms with van der Waals surface area (Å²) in [6.07, 6.45) is 16.3. The number of rotatable bonds is 7. The molecule has 5 heterocycles. The molecule has 9 heteroatoms. The van der Waals surface area contributed by atoms with Crippen LogP contribution >= 0.6 is 0 Å². The van der Waals surface area contributed by atoms with Gasteiger partial charge in [0.2, 0.25) is 0 Å². The highest BCUT2D eigenvalue weighted by molar-refractivity contribution is 5.97. The number of allylic oxidation sites excluding steroid dienone is 1. The lowest BCUT2D eigenvalue weighted by Crippen LogP contribution is -2.10. The number of fused-ring (bicyclic) bond motifs is 2. The Bertz CT molecular complexity index is 1880. The van der Waals surface area contributed by atoms with E-state index in [1.807, 2.05) is 24.4 Å². The molecule has 0 unspecified atom stereocenters. The third kappa shape index (κ3) is 5.06. The van der Waals surface area contributed by atoms with Crippen LogP contribution in [0, 0.1) is 11.7 Å². The van der Waals surface area contributed by atoms with E-state index in [1.165, 1.54) is 44.2 Å². The molecule has 0 atom stereocenters. The number of aromatic nitrogens is 7. The van der Waals surface area contributed by atoms with Crippen LogP contribution in [0.1, 0.15) is 38.5 Å². The minimum atomic E-state index is -0.309. The number of imidazole rings is 1. The highest BCUT2D eigenvalue weighted by Crippen LogP contribution is 2.33. The van der Waals surface area contributed by atoms with E-state index < -0.39 is 0 Å². The average molecular weight is 545 g/mol. The third-order valence-corrected chi connectivity index (χ3v) is 7.82. The molecule has 0 amide bonds. The Morgan fingerprint density at radius 1 is 0.951 bits per heavy atom. The Balaban J connectivity index is 1.19. The van der Waals surface area contributed by atoms with Crippen molar-refractivity contribution >= 4 is 27.6 Å². The third-order valence-electron chi connectivity index (χ3n) is 7.82. The van der Waals surface area contributed by atoms with Gasteiger partial charge in [0.25, 0.3) is 0 Å². The number of nitrogens with one attached hydrogen (secondary N) is 3. The number of nitrogens with zero attached hydrogens (tertiary/aromatic N) is 5. The number of hydrogen-bond donors (Lipinski definition) is 3. The van der Waals surface area contributed by atoms with E-state index in [0.717, 1.165) is 51.0 Å². The fourth-order valence-corrected chi connectivity index (χ4v) is 5.81. The van der Waals surface area contributed by atoms with Gasteiger partial charge >= 0.3 is 0 Å². The van der Waals surface area contributed by atoms with Crippen molar-refractivity contribution in [2.24, 2.45) is 5.92 Å². The Hall–Kier alpha value is -4.92. The van der Waals surface area contributed by atoms with Gasteiger partial charge in [-0.15, -0.1) is 0 Å². The van der Waals surface area contributed by atoms with Gasteiger partial charge in [0.1, 0.15) is 11.5 Å². The summed E-state index contributed by atoms with van der Waals surface area (Å²) >= 11 is 0. The summed E-state index contributed by atoms with van der Waals surface area (Å²) in [5, 5.41) is 11.9. The number of halogens is 1. The molecule has 3 N–H and O–H groups in total. The number of benzene rings is 1. The Kier molecular flexibility index (Phi) is 6.47. The fourth-order valence-electron chi connectivity index (χ4n) is 5.81. The summed E-state index contributed by atoms with van der Waals surface area (Å²) in [5.41, 5.74) is 7.91. The quantitative estimate of drug-likeness (QED) is 0.190. The molecule has 0 spiro atoms. The zero-order valence-electron chi connectivity index (χ0n) is 22.5. The number of hydrogen-bond acceptors (Lipinski definition) is 6. The smallest absolute Gasteiger partial charge is 0.159 e. The van der Waals surface area contributed by atoms with Crippen molar-refractivity contribution in [2.75, 3.05) is 5.32 Å². The fraction of sp³-hybridized carbons (Fsp3) is 0.219. The molecule has 1 aromatic carbocycles. The van der Waals surface area contributed by atoms with Gasteiger partial charge < -0.3 is 10.3 Å². The lowest BCUT2D eigenvalue weighted by molar-refractivity contribution is 0.357. The first-order valence-electron chi connectivity index (χ1n) is 13.9. The maximum atomic E-state index is 13.9. The van der Waals surface area contributed by atoms with E-state index in [0.29, 0.717) is 28.5 Å². The summed E-state index contributed by atoms with van der Waals surface area (Å²) in [6, 6.07) is 10.5. The zero-order valence-corrected chi connectivity index (χ0v) is 22.5. The van der Waals surface area contributed by atoms with Gasteiger partial charge in [-0.3, -0.25) is 20.1 Å². The number of aromatic amines is 2. The minimum absolute atomic E-state index is 0.309. The van der Waals surface area contributed by atoms with Gasteiger partial charge in [0, 0.05) is 34.6 Å². The van der Waals surface area contributed by atoms with Crippen LogP contribution in [0.2, 0.25) is 0 Å². The van der Waals surface area contributed by atoms with Crippen molar-refractivity contribution in [1.29, 1.82) is 0 Å². The molecule has 1 fully saturated rings. The van der Waals surface area contributed by atoms with E-state index >= 15 is 0 Å². The standard InChI is InChI=1S/C32H29FN8/c1-19(10-20-6-3-2-4-7-20)37-24-12-22(14-34-15-24)27-13-25-28(18-36-27)40-41-31(25)32-38-29-17-35-16-26(30(29)39-32)21-8-5-9-23(33)11-21/h5,8-9,11-18,20,37H,1-4,6-7,10H2,(H,38,39)(H,40,41). The average Bonchev–Trinajstić information content (AvgIpc) is 3.61. The number of H-pyrrole nitrogens is 2. The van der Waals surface area contributed by atoms with Crippen LogP contribution < -0.4 is 5.32 Å². The highest BCUT2D eigenvalue weighted by atomic mass is 19.1. The first-order chi connectivity index (χ1) is 20.1. The van der Waals surface area contributed by atoms with Crippen LogP contribution in [-0.4, -0.2) is 35.1 Å². The normalized spacial score (nSPS) is 14.1. The van der Waals surface area contributed by atoms with Crippen molar-refractivity contribution in [3.05, 3.63) is 85.5 Å². The number of pyridine rings is 3. The number of anilines is 1. The molecular formula is C32H29FN8. The summed E-state index contributed by atoms with van der Waals surface area (Å²) < 4.78 is 13.9. The maximum Gasteiger partial charge on any atom is 0.159 e. The van der Waals surface area contributed by atoms with Gasteiger partial charge in [-0.05, 0) is 42.2 Å². The zero-order chi connectivity index (χ0) is 27.8. The molecule has 0 aliphatic heterocycles. The highest BCUT2D eigenvalue weighted by Gasteiger charge is 2.18. The lowest BCUT2D eigenvalue weighted by Gasteiger charge is -2.22. The molecule has 1 saturated carbocycles. The van der Waals surface area contributed by atoms with Gasteiger partial charge in [-0.1, -0.05) is 50.8 Å². The van der Waals surface area contributed by atoms with Crippen molar-refractivity contribution < 1.29 is 4.39 Å². The molecule has 5 aromatic heterocycles. The van der Waals surface area contributed by atoms with Crippen molar-refractivity contribution in [3.63, 3.8) is 0 Å². The molecular weight excluding hydrogens is 515 g/mol. The van der Waals surface area contributed by atoms with Crippen molar-refractivity contribution in [3.8, 4) is 33.9 Å². The Morgan fingerprint density at radius 2 is 1.83 bits per heavy atom. The van der Waals surface area contributed by atoms with Gasteiger partial charge in [-0.2, -0.15) is 5.10 Å². The summed E-state index contributed by atoms with van der Waals surface area (Å²) in [7, 11) is 0. The van der Waals surface area contributed by atoms with Crippen LogP contribution in [0.5, 0.6) is 0 Å². The van der Waals surface area contributed by atoms with Gasteiger partial charge in [0.15, 0.2) is 5.82 Å². The van der Waals surface area contributed by atoms with E-state index in [-0.39, 0.29) is 5.82 Å². The summed E-state index contributed by atoms with van der Waals surface area (Å²) in [5.74, 6) is 0.986. The minimum Gasteiger partial charge on any atom is -0.358 e. The second-order valence-corrected chi connectivity index (χ2v) is 10.8. The predicted molar refractivity (Wildman–Crippen MR) is 159 cm³/mol. The van der Waals surface area contributed by atoms with E-state index in [9.17, 15) is 4.39 Å². The molecule has 204 valence electrons. The second-order valence-electron chi connectivity index (χ2n) is 10.8. The molecule has 1 aliphatic rings. The first kappa shape index (κ1) is 25.1. The molecule has 0 radical (unpaired) electrons. The van der Waals surface area contributed by atoms with Gasteiger partial charge in [-0.25, -0.2) is 9.37 Å². The van der Waals surface area contributed by atoms with E-state index in [4.69, 9.17) is 4.98 Å². The van der Waals surface area contributed by atoms with Gasteiger partial charge in [0.05, 0.1) is 46.5 Å². The summed E-state index contributed by atoms with van der Waals surface area (Å²) in [4.78, 5) is 21.7. The first-order valence-corrected chi connectivity index (χ1v) is 13.9. The second kappa shape index (κ2) is 10.6. The van der Waals surface area contributed by atoms with Crippen molar-refractivity contribution in [1.82, 2.24) is 35.1 Å². The SMILES string of the molecule is C=C(CC1CCCCC1)Nc1cncc(-c2cc3c(-c4nc5c(-c6cccc(F)c6)cncc5[nH]4)n[nH]c3cn2)c1. The monoisotopic (exact) mass is 544 g/mol. The lowest BCUT2D eigenvalue weighted by atomic mass is 9.86. The van der Waals surface area contributed by atoms with E-state index in [2.05, 4.69) is 42.0 Å². The molecule has 0 bridgehead atoms. The summed E-state index contributed by atoms with van der Waals surface area (Å²) in [6.45, 7) is 4.27. The van der Waals surface area contributed by atoms with Crippen LogP contribution in [0.4, 0.5) is 10.1 Å². The van der Waals surface area contributed by atoms with Crippen LogP contribution in [-0.2, 0) is 0 Å². The Morgan fingerprint density at radius 3 is 2.71 bits per heavy atom. The topological polar surface area (TPSA) is 108 Å². The van der Waals surface area contributed by atoms with E-state index in [1.54, 1.807) is 30.9 Å². The van der Waals surface area contributed by atoms with Crippen LogP contribution in [0.15, 0.2) is 79.7 Å².